The Kier molecular flexibility index (Phi) is 5.71. The number of anilines is 1. The third kappa shape index (κ3) is 4.30. The van der Waals surface area contributed by atoms with E-state index >= 15 is 0 Å². The molecule has 0 aliphatic carbocycles. The van der Waals surface area contributed by atoms with Gasteiger partial charge in [0.25, 0.3) is 5.91 Å². The van der Waals surface area contributed by atoms with Gasteiger partial charge in [-0.15, -0.1) is 0 Å². The van der Waals surface area contributed by atoms with Crippen LogP contribution < -0.4 is 10.5 Å². The number of carbonyl (C=O) groups excluding carboxylic acids is 1. The minimum atomic E-state index is -0.298. The number of nitrogens with two attached hydrogens (primary N) is 1. The second-order valence-corrected chi connectivity index (χ2v) is 7.70. The van der Waals surface area contributed by atoms with Gasteiger partial charge in [-0.25, -0.2) is 15.0 Å². The van der Waals surface area contributed by atoms with Crippen molar-refractivity contribution in [2.24, 2.45) is 5.10 Å². The predicted molar refractivity (Wildman–Crippen MR) is 114 cm³/mol. The van der Waals surface area contributed by atoms with E-state index in [1.54, 1.807) is 19.4 Å². The molecule has 154 valence electrons. The first-order chi connectivity index (χ1) is 14.5. The van der Waals surface area contributed by atoms with Gasteiger partial charge in [0.1, 0.15) is 23.4 Å². The van der Waals surface area contributed by atoms with E-state index in [-0.39, 0.29) is 17.7 Å². The molecule has 0 unspecified atom stereocenters. The number of carbonyl (C=O) groups is 1. The number of benzene rings is 1. The molecule has 3 heterocycles. The Morgan fingerprint density at radius 2 is 2.10 bits per heavy atom. The number of amides is 1. The van der Waals surface area contributed by atoms with Crippen LogP contribution in [0.25, 0.3) is 0 Å². The van der Waals surface area contributed by atoms with Crippen molar-refractivity contribution in [3.8, 4) is 5.75 Å². The molecule has 0 bridgehead atoms. The van der Waals surface area contributed by atoms with Gasteiger partial charge in [0, 0.05) is 18.2 Å². The van der Waals surface area contributed by atoms with Crippen LogP contribution in [0.4, 0.5) is 5.82 Å². The fourth-order valence-corrected chi connectivity index (χ4v) is 3.99. The molecule has 1 aliphatic heterocycles. The van der Waals surface area contributed by atoms with Gasteiger partial charge in [-0.3, -0.25) is 4.79 Å². The lowest BCUT2D eigenvalue weighted by molar-refractivity contribution is -0.130. The van der Waals surface area contributed by atoms with Crippen molar-refractivity contribution in [2.75, 3.05) is 18.6 Å². The normalized spacial score (nSPS) is 15.9. The lowest BCUT2D eigenvalue weighted by Gasteiger charge is -2.19. The Morgan fingerprint density at radius 1 is 1.30 bits per heavy atom. The van der Waals surface area contributed by atoms with Gasteiger partial charge in [0.05, 0.1) is 24.8 Å². The minimum absolute atomic E-state index is 0.138. The summed E-state index contributed by atoms with van der Waals surface area (Å²) in [6.45, 7) is 1.84. The molecule has 30 heavy (non-hydrogen) atoms. The number of hydrogen-bond acceptors (Lipinski definition) is 8. The molecule has 0 fully saturated rings. The number of ether oxygens (including phenoxy) is 1. The van der Waals surface area contributed by atoms with Crippen LogP contribution in [0.15, 0.2) is 63.4 Å². The molecule has 2 N–H and O–H groups in total. The highest BCUT2D eigenvalue weighted by Gasteiger charge is 2.34. The monoisotopic (exact) mass is 423 g/mol. The molecule has 0 saturated heterocycles. The highest BCUT2D eigenvalue weighted by atomic mass is 32.2. The molecule has 1 atom stereocenters. The standard InChI is InChI=1S/C21H21N5O3S/c1-13-10-19(22)24-21(23-13)30-12-20(27)26-17(18-4-3-9-29-18)11-16(25-26)14-5-7-15(28-2)8-6-14/h3-10,17H,11-12H2,1-2H3,(H2,22,23,24)/t17-/m0/s1. The summed E-state index contributed by atoms with van der Waals surface area (Å²) in [5.41, 5.74) is 8.28. The number of furan rings is 1. The van der Waals surface area contributed by atoms with Gasteiger partial charge in [0.15, 0.2) is 5.16 Å². The van der Waals surface area contributed by atoms with Crippen LogP contribution in [0.2, 0.25) is 0 Å². The average Bonchev–Trinajstić information content (AvgIpc) is 3.41. The van der Waals surface area contributed by atoms with E-state index < -0.39 is 0 Å². The van der Waals surface area contributed by atoms with Gasteiger partial charge in [0.2, 0.25) is 0 Å². The first-order valence-electron chi connectivity index (χ1n) is 9.35. The van der Waals surface area contributed by atoms with E-state index in [1.165, 1.54) is 16.8 Å². The van der Waals surface area contributed by atoms with E-state index in [1.807, 2.05) is 43.3 Å². The van der Waals surface area contributed by atoms with E-state index in [4.69, 9.17) is 14.9 Å². The Hall–Kier alpha value is -3.33. The van der Waals surface area contributed by atoms with Crippen LogP contribution >= 0.6 is 11.8 Å². The minimum Gasteiger partial charge on any atom is -0.497 e. The molecule has 0 radical (unpaired) electrons. The maximum atomic E-state index is 13.0. The summed E-state index contributed by atoms with van der Waals surface area (Å²) in [7, 11) is 1.62. The molecule has 1 aliphatic rings. The van der Waals surface area contributed by atoms with Crippen LogP contribution in [-0.4, -0.2) is 39.5 Å². The van der Waals surface area contributed by atoms with E-state index in [0.717, 1.165) is 22.7 Å². The van der Waals surface area contributed by atoms with Gasteiger partial charge in [-0.2, -0.15) is 5.10 Å². The number of hydrogen-bond donors (Lipinski definition) is 1. The largest absolute Gasteiger partial charge is 0.497 e. The van der Waals surface area contributed by atoms with E-state index in [0.29, 0.717) is 23.2 Å². The number of aromatic nitrogens is 2. The van der Waals surface area contributed by atoms with Crippen molar-refractivity contribution in [1.29, 1.82) is 0 Å². The number of rotatable bonds is 6. The van der Waals surface area contributed by atoms with Crippen molar-refractivity contribution < 1.29 is 13.9 Å². The second-order valence-electron chi connectivity index (χ2n) is 6.75. The second kappa shape index (κ2) is 8.58. The molecular weight excluding hydrogens is 402 g/mol. The van der Waals surface area contributed by atoms with Crippen LogP contribution in [0.1, 0.15) is 29.5 Å². The lowest BCUT2D eigenvalue weighted by Crippen LogP contribution is -2.28. The third-order valence-electron chi connectivity index (χ3n) is 4.64. The highest BCUT2D eigenvalue weighted by molar-refractivity contribution is 7.99. The van der Waals surface area contributed by atoms with Crippen LogP contribution in [0.5, 0.6) is 5.75 Å². The molecule has 0 saturated carbocycles. The van der Waals surface area contributed by atoms with Gasteiger partial charge < -0.3 is 14.9 Å². The molecule has 3 aromatic rings. The number of nitrogens with zero attached hydrogens (tertiary/aromatic N) is 4. The SMILES string of the molecule is COc1ccc(C2=NN(C(=O)CSc3nc(C)cc(N)n3)[C@H](c3ccco3)C2)cc1. The lowest BCUT2D eigenvalue weighted by atomic mass is 10.0. The number of thioether (sulfide) groups is 1. The number of aryl methyl sites for hydroxylation is 1. The zero-order valence-corrected chi connectivity index (χ0v) is 17.4. The van der Waals surface area contributed by atoms with Crippen molar-refractivity contribution in [3.63, 3.8) is 0 Å². The van der Waals surface area contributed by atoms with Gasteiger partial charge in [-0.05, 0) is 48.9 Å². The topological polar surface area (TPSA) is 107 Å². The fraction of sp³-hybridized carbons (Fsp3) is 0.238. The fourth-order valence-electron chi connectivity index (χ4n) is 3.22. The van der Waals surface area contributed by atoms with Crippen molar-refractivity contribution in [3.05, 3.63) is 65.7 Å². The average molecular weight is 423 g/mol. The van der Waals surface area contributed by atoms with Gasteiger partial charge >= 0.3 is 0 Å². The molecule has 1 aromatic carbocycles. The smallest absolute Gasteiger partial charge is 0.253 e. The number of hydrazone groups is 1. The molecular formula is C21H21N5O3S. The summed E-state index contributed by atoms with van der Waals surface area (Å²) in [4.78, 5) is 21.5. The molecule has 1 amide bonds. The maximum absolute atomic E-state index is 13.0. The van der Waals surface area contributed by atoms with E-state index in [9.17, 15) is 4.79 Å². The Morgan fingerprint density at radius 3 is 2.77 bits per heavy atom. The molecule has 4 rings (SSSR count). The van der Waals surface area contributed by atoms with Crippen LogP contribution in [0.3, 0.4) is 0 Å². The molecule has 8 nitrogen and oxygen atoms in total. The highest BCUT2D eigenvalue weighted by Crippen LogP contribution is 2.34. The summed E-state index contributed by atoms with van der Waals surface area (Å²) >= 11 is 1.24. The summed E-state index contributed by atoms with van der Waals surface area (Å²) < 4.78 is 10.8. The molecule has 2 aromatic heterocycles. The van der Waals surface area contributed by atoms with Gasteiger partial charge in [-0.1, -0.05) is 11.8 Å². The summed E-state index contributed by atoms with van der Waals surface area (Å²) in [5, 5.41) is 6.58. The number of nitrogen functional groups attached to an aromatic ring is 1. The third-order valence-corrected chi connectivity index (χ3v) is 5.47. The van der Waals surface area contributed by atoms with E-state index in [2.05, 4.69) is 15.1 Å². The Balaban J connectivity index is 1.55. The Bertz CT molecular complexity index is 1050. The zero-order valence-electron chi connectivity index (χ0n) is 16.6. The first-order valence-corrected chi connectivity index (χ1v) is 10.3. The van der Waals surface area contributed by atoms with Crippen molar-refractivity contribution in [1.82, 2.24) is 15.0 Å². The van der Waals surface area contributed by atoms with Crippen LogP contribution in [-0.2, 0) is 4.79 Å². The summed E-state index contributed by atoms with van der Waals surface area (Å²) in [6.07, 6.45) is 2.16. The van der Waals surface area contributed by atoms with Crippen LogP contribution in [0, 0.1) is 6.92 Å². The molecule has 9 heteroatoms. The first kappa shape index (κ1) is 20.0. The summed E-state index contributed by atoms with van der Waals surface area (Å²) in [6, 6.07) is 12.7. The van der Waals surface area contributed by atoms with Crippen molar-refractivity contribution in [2.45, 2.75) is 24.5 Å². The summed E-state index contributed by atoms with van der Waals surface area (Å²) in [5.74, 6) is 1.82. The zero-order chi connectivity index (χ0) is 21.1. The van der Waals surface area contributed by atoms with Crippen molar-refractivity contribution >= 4 is 29.2 Å². The quantitative estimate of drug-likeness (QED) is 0.478. The number of methoxy groups -OCH3 is 1. The Labute approximate surface area is 178 Å². The molecule has 0 spiro atoms. The predicted octanol–water partition coefficient (Wildman–Crippen LogP) is 3.44. The maximum Gasteiger partial charge on any atom is 0.253 e.